The fourth-order valence-corrected chi connectivity index (χ4v) is 1.65. The van der Waals surface area contributed by atoms with Gasteiger partial charge in [0.25, 0.3) is 0 Å². The maximum Gasteiger partial charge on any atom is 0.112 e. The summed E-state index contributed by atoms with van der Waals surface area (Å²) < 4.78 is 1.76. The molecule has 2 aromatic rings. The van der Waals surface area contributed by atoms with Crippen molar-refractivity contribution in [1.29, 1.82) is 0 Å². The SMILES string of the molecule is S=C=Nc1cnn(Cc2ccccc2Cl)c1. The van der Waals surface area contributed by atoms with E-state index < -0.39 is 0 Å². The molecule has 3 nitrogen and oxygen atoms in total. The average Bonchev–Trinajstić information content (AvgIpc) is 2.70. The fraction of sp³-hybridized carbons (Fsp3) is 0.0909. The number of thiocarbonyl (C=S) groups is 1. The molecule has 1 aromatic carbocycles. The summed E-state index contributed by atoms with van der Waals surface area (Å²) in [5.74, 6) is 0. The standard InChI is InChI=1S/C11H8ClN3S/c12-11-4-2-1-3-9(11)6-15-7-10(5-14-15)13-8-16/h1-5,7H,6H2. The molecule has 0 N–H and O–H groups in total. The van der Waals surface area contributed by atoms with Gasteiger partial charge >= 0.3 is 0 Å². The third-order valence-electron chi connectivity index (χ3n) is 2.08. The molecule has 80 valence electrons. The van der Waals surface area contributed by atoms with E-state index in [4.69, 9.17) is 11.6 Å². The van der Waals surface area contributed by atoms with Gasteiger partial charge in [-0.25, -0.2) is 0 Å². The lowest BCUT2D eigenvalue weighted by Gasteiger charge is -2.03. The van der Waals surface area contributed by atoms with E-state index in [1.54, 1.807) is 17.1 Å². The molecule has 1 heterocycles. The Labute approximate surface area is 103 Å². The topological polar surface area (TPSA) is 30.2 Å². The summed E-state index contributed by atoms with van der Waals surface area (Å²) in [6, 6.07) is 7.67. The Morgan fingerprint density at radius 2 is 2.25 bits per heavy atom. The number of nitrogens with zero attached hydrogens (tertiary/aromatic N) is 3. The van der Waals surface area contributed by atoms with Crippen LogP contribution in [0, 0.1) is 0 Å². The van der Waals surface area contributed by atoms with Crippen LogP contribution in [0.4, 0.5) is 5.69 Å². The molecule has 0 saturated heterocycles. The summed E-state index contributed by atoms with van der Waals surface area (Å²) in [6.07, 6.45) is 3.43. The van der Waals surface area contributed by atoms with E-state index in [-0.39, 0.29) is 0 Å². The summed E-state index contributed by atoms with van der Waals surface area (Å²) in [4.78, 5) is 3.84. The molecule has 0 aliphatic heterocycles. The minimum absolute atomic E-state index is 0.618. The molecular weight excluding hydrogens is 242 g/mol. The maximum absolute atomic E-state index is 6.05. The van der Waals surface area contributed by atoms with Gasteiger partial charge < -0.3 is 0 Å². The molecule has 2 rings (SSSR count). The molecule has 0 amide bonds. The smallest absolute Gasteiger partial charge is 0.112 e. The van der Waals surface area contributed by atoms with Crippen LogP contribution in [0.25, 0.3) is 0 Å². The van der Waals surface area contributed by atoms with Crippen LogP contribution < -0.4 is 0 Å². The summed E-state index contributed by atoms with van der Waals surface area (Å²) in [5, 5.41) is 7.18. The highest BCUT2D eigenvalue weighted by Gasteiger charge is 2.01. The number of hydrogen-bond acceptors (Lipinski definition) is 3. The Morgan fingerprint density at radius 1 is 1.44 bits per heavy atom. The van der Waals surface area contributed by atoms with Gasteiger partial charge in [0.15, 0.2) is 0 Å². The van der Waals surface area contributed by atoms with Crippen LogP contribution in [-0.2, 0) is 6.54 Å². The average molecular weight is 250 g/mol. The molecule has 0 atom stereocenters. The van der Waals surface area contributed by atoms with E-state index in [0.29, 0.717) is 12.2 Å². The van der Waals surface area contributed by atoms with E-state index in [1.807, 2.05) is 24.3 Å². The zero-order valence-electron chi connectivity index (χ0n) is 8.30. The van der Waals surface area contributed by atoms with Crippen molar-refractivity contribution >= 4 is 34.7 Å². The Morgan fingerprint density at radius 3 is 3.00 bits per heavy atom. The van der Waals surface area contributed by atoms with Gasteiger partial charge in [-0.1, -0.05) is 29.8 Å². The highest BCUT2D eigenvalue weighted by molar-refractivity contribution is 7.78. The number of aliphatic imine (C=N–C) groups is 1. The quantitative estimate of drug-likeness (QED) is 0.617. The lowest BCUT2D eigenvalue weighted by molar-refractivity contribution is 0.687. The molecule has 0 radical (unpaired) electrons. The molecule has 0 aliphatic rings. The lowest BCUT2D eigenvalue weighted by atomic mass is 10.2. The largest absolute Gasteiger partial charge is 0.266 e. The minimum atomic E-state index is 0.618. The summed E-state index contributed by atoms with van der Waals surface area (Å²) in [7, 11) is 0. The lowest BCUT2D eigenvalue weighted by Crippen LogP contribution is -1.99. The van der Waals surface area contributed by atoms with E-state index in [0.717, 1.165) is 10.6 Å². The second-order valence-corrected chi connectivity index (χ2v) is 3.78. The molecule has 16 heavy (non-hydrogen) atoms. The summed E-state index contributed by atoms with van der Waals surface area (Å²) in [6.45, 7) is 0.618. The van der Waals surface area contributed by atoms with Crippen molar-refractivity contribution < 1.29 is 0 Å². The molecule has 5 heteroatoms. The van der Waals surface area contributed by atoms with Crippen LogP contribution in [-0.4, -0.2) is 14.9 Å². The van der Waals surface area contributed by atoms with Crippen molar-refractivity contribution in [3.8, 4) is 0 Å². The first kappa shape index (κ1) is 11.0. The van der Waals surface area contributed by atoms with Gasteiger partial charge in [-0.15, -0.1) is 0 Å². The van der Waals surface area contributed by atoms with Crippen LogP contribution in [0.2, 0.25) is 5.02 Å². The van der Waals surface area contributed by atoms with Crippen LogP contribution in [0.15, 0.2) is 41.7 Å². The molecule has 1 aromatic heterocycles. The van der Waals surface area contributed by atoms with Crippen molar-refractivity contribution in [1.82, 2.24) is 9.78 Å². The number of halogens is 1. The van der Waals surface area contributed by atoms with E-state index in [9.17, 15) is 0 Å². The van der Waals surface area contributed by atoms with Gasteiger partial charge in [0.1, 0.15) is 5.69 Å². The second-order valence-electron chi connectivity index (χ2n) is 3.19. The molecule has 0 aliphatic carbocycles. The van der Waals surface area contributed by atoms with E-state index in [1.165, 1.54) is 0 Å². The zero-order chi connectivity index (χ0) is 11.4. The van der Waals surface area contributed by atoms with Gasteiger partial charge in [0.05, 0.1) is 24.1 Å². The highest BCUT2D eigenvalue weighted by atomic mass is 35.5. The minimum Gasteiger partial charge on any atom is -0.266 e. The summed E-state index contributed by atoms with van der Waals surface area (Å²) in [5.41, 5.74) is 1.72. The van der Waals surface area contributed by atoms with Crippen molar-refractivity contribution in [3.05, 3.63) is 47.2 Å². The molecule has 0 bridgehead atoms. The number of aromatic nitrogens is 2. The predicted octanol–water partition coefficient (Wildman–Crippen LogP) is 3.32. The monoisotopic (exact) mass is 249 g/mol. The van der Waals surface area contributed by atoms with Gasteiger partial charge in [0.2, 0.25) is 0 Å². The van der Waals surface area contributed by atoms with E-state index >= 15 is 0 Å². The Bertz CT molecular complexity index is 544. The third kappa shape index (κ3) is 2.55. The van der Waals surface area contributed by atoms with Crippen LogP contribution in [0.1, 0.15) is 5.56 Å². The molecule has 0 spiro atoms. The third-order valence-corrected chi connectivity index (χ3v) is 2.54. The van der Waals surface area contributed by atoms with Crippen LogP contribution in [0.5, 0.6) is 0 Å². The first-order valence-corrected chi connectivity index (χ1v) is 5.42. The van der Waals surface area contributed by atoms with Crippen molar-refractivity contribution in [3.63, 3.8) is 0 Å². The van der Waals surface area contributed by atoms with Gasteiger partial charge in [0, 0.05) is 5.02 Å². The molecular formula is C11H8ClN3S. The number of rotatable bonds is 3. The molecule has 0 unspecified atom stereocenters. The fourth-order valence-electron chi connectivity index (χ4n) is 1.35. The summed E-state index contributed by atoms with van der Waals surface area (Å²) >= 11 is 10.6. The maximum atomic E-state index is 6.05. The molecule has 0 fully saturated rings. The molecule has 0 saturated carbocycles. The second kappa shape index (κ2) is 5.03. The normalized spacial score (nSPS) is 9.81. The predicted molar refractivity (Wildman–Crippen MR) is 67.5 cm³/mol. The number of benzene rings is 1. The van der Waals surface area contributed by atoms with Crippen molar-refractivity contribution in [2.24, 2.45) is 4.99 Å². The highest BCUT2D eigenvalue weighted by Crippen LogP contribution is 2.17. The first-order valence-electron chi connectivity index (χ1n) is 4.63. The van der Waals surface area contributed by atoms with Crippen LogP contribution >= 0.6 is 23.8 Å². The van der Waals surface area contributed by atoms with Crippen molar-refractivity contribution in [2.75, 3.05) is 0 Å². The number of isothiocyanates is 1. The Kier molecular flexibility index (Phi) is 3.47. The van der Waals surface area contributed by atoms with E-state index in [2.05, 4.69) is 27.5 Å². The van der Waals surface area contributed by atoms with Gasteiger partial charge in [-0.3, -0.25) is 4.68 Å². The number of hydrogen-bond donors (Lipinski definition) is 0. The Hall–Kier alpha value is -1.48. The van der Waals surface area contributed by atoms with Gasteiger partial charge in [-0.2, -0.15) is 10.1 Å². The van der Waals surface area contributed by atoms with Crippen molar-refractivity contribution in [2.45, 2.75) is 6.54 Å². The Balaban J connectivity index is 2.21. The zero-order valence-corrected chi connectivity index (χ0v) is 9.87. The first-order chi connectivity index (χ1) is 7.79. The van der Waals surface area contributed by atoms with Crippen LogP contribution in [0.3, 0.4) is 0 Å². The van der Waals surface area contributed by atoms with Gasteiger partial charge in [-0.05, 0) is 23.8 Å².